The molecule has 2 aromatic rings. The SMILES string of the molecule is CCCC(CN)c1nc(-c2ccccn2)no1. The molecule has 0 aliphatic rings. The predicted molar refractivity (Wildman–Crippen MR) is 64.2 cm³/mol. The quantitative estimate of drug-likeness (QED) is 0.852. The van der Waals surface area contributed by atoms with Crippen molar-refractivity contribution < 1.29 is 4.52 Å². The number of hydrogen-bond acceptors (Lipinski definition) is 5. The fourth-order valence-electron chi connectivity index (χ4n) is 1.69. The second-order valence-electron chi connectivity index (χ2n) is 3.89. The smallest absolute Gasteiger partial charge is 0.231 e. The summed E-state index contributed by atoms with van der Waals surface area (Å²) in [5, 5.41) is 3.93. The largest absolute Gasteiger partial charge is 0.339 e. The van der Waals surface area contributed by atoms with Gasteiger partial charge in [-0.1, -0.05) is 24.6 Å². The van der Waals surface area contributed by atoms with Crippen LogP contribution in [0.25, 0.3) is 11.5 Å². The molecule has 90 valence electrons. The van der Waals surface area contributed by atoms with Gasteiger partial charge >= 0.3 is 0 Å². The van der Waals surface area contributed by atoms with Crippen LogP contribution in [0.3, 0.4) is 0 Å². The molecule has 0 amide bonds. The van der Waals surface area contributed by atoms with Gasteiger partial charge in [-0.3, -0.25) is 4.98 Å². The first-order chi connectivity index (χ1) is 8.35. The molecular formula is C12H16N4O. The van der Waals surface area contributed by atoms with Gasteiger partial charge in [-0.05, 0) is 18.6 Å². The molecule has 0 radical (unpaired) electrons. The molecule has 2 rings (SSSR count). The summed E-state index contributed by atoms with van der Waals surface area (Å²) < 4.78 is 5.24. The molecule has 17 heavy (non-hydrogen) atoms. The lowest BCUT2D eigenvalue weighted by atomic mass is 10.0. The Morgan fingerprint density at radius 1 is 1.41 bits per heavy atom. The highest BCUT2D eigenvalue weighted by Gasteiger charge is 2.17. The number of nitrogens with two attached hydrogens (primary N) is 1. The monoisotopic (exact) mass is 232 g/mol. The van der Waals surface area contributed by atoms with Gasteiger partial charge in [0.15, 0.2) is 0 Å². The summed E-state index contributed by atoms with van der Waals surface area (Å²) in [6, 6.07) is 5.60. The molecule has 5 nitrogen and oxygen atoms in total. The molecule has 0 saturated carbocycles. The molecule has 2 aromatic heterocycles. The maximum Gasteiger partial charge on any atom is 0.231 e. The van der Waals surface area contributed by atoms with Crippen LogP contribution >= 0.6 is 0 Å². The third-order valence-corrected chi connectivity index (χ3v) is 2.61. The van der Waals surface area contributed by atoms with Crippen LogP contribution in [0.15, 0.2) is 28.9 Å². The average molecular weight is 232 g/mol. The lowest BCUT2D eigenvalue weighted by Gasteiger charge is -2.06. The normalized spacial score (nSPS) is 12.6. The minimum absolute atomic E-state index is 0.143. The Labute approximate surface area is 100 Å². The Bertz CT molecular complexity index is 455. The number of rotatable bonds is 5. The van der Waals surface area contributed by atoms with Crippen molar-refractivity contribution in [3.63, 3.8) is 0 Å². The fourth-order valence-corrected chi connectivity index (χ4v) is 1.69. The second-order valence-corrected chi connectivity index (χ2v) is 3.89. The van der Waals surface area contributed by atoms with Crippen molar-refractivity contribution in [3.8, 4) is 11.5 Å². The zero-order valence-electron chi connectivity index (χ0n) is 9.84. The van der Waals surface area contributed by atoms with Gasteiger partial charge in [-0.2, -0.15) is 4.98 Å². The van der Waals surface area contributed by atoms with Gasteiger partial charge in [0.2, 0.25) is 11.7 Å². The molecule has 2 N–H and O–H groups in total. The summed E-state index contributed by atoms with van der Waals surface area (Å²) >= 11 is 0. The summed E-state index contributed by atoms with van der Waals surface area (Å²) in [6.07, 6.45) is 3.71. The summed E-state index contributed by atoms with van der Waals surface area (Å²) in [5.74, 6) is 1.27. The van der Waals surface area contributed by atoms with E-state index >= 15 is 0 Å². The summed E-state index contributed by atoms with van der Waals surface area (Å²) in [7, 11) is 0. The molecule has 0 aliphatic heterocycles. The Kier molecular flexibility index (Phi) is 3.82. The molecular weight excluding hydrogens is 216 g/mol. The summed E-state index contributed by atoms with van der Waals surface area (Å²) in [4.78, 5) is 8.53. The van der Waals surface area contributed by atoms with E-state index in [9.17, 15) is 0 Å². The molecule has 0 aromatic carbocycles. The van der Waals surface area contributed by atoms with Crippen LogP contribution in [0.5, 0.6) is 0 Å². The topological polar surface area (TPSA) is 77.8 Å². The molecule has 1 unspecified atom stereocenters. The number of pyridine rings is 1. The van der Waals surface area contributed by atoms with Crippen molar-refractivity contribution in [3.05, 3.63) is 30.3 Å². The lowest BCUT2D eigenvalue weighted by Crippen LogP contribution is -2.12. The molecule has 0 bridgehead atoms. The Hall–Kier alpha value is -1.75. The third-order valence-electron chi connectivity index (χ3n) is 2.61. The van der Waals surface area contributed by atoms with Crippen LogP contribution in [0.4, 0.5) is 0 Å². The Morgan fingerprint density at radius 2 is 2.29 bits per heavy atom. The molecule has 0 fully saturated rings. The van der Waals surface area contributed by atoms with Crippen LogP contribution < -0.4 is 5.73 Å². The van der Waals surface area contributed by atoms with Crippen LogP contribution in [0, 0.1) is 0 Å². The third kappa shape index (κ3) is 2.68. The van der Waals surface area contributed by atoms with E-state index in [4.69, 9.17) is 10.3 Å². The van der Waals surface area contributed by atoms with Gasteiger partial charge in [0.1, 0.15) is 5.69 Å². The first-order valence-electron chi connectivity index (χ1n) is 5.80. The Morgan fingerprint density at radius 3 is 2.94 bits per heavy atom. The average Bonchev–Trinajstić information content (AvgIpc) is 2.86. The van der Waals surface area contributed by atoms with E-state index in [0.29, 0.717) is 18.3 Å². The first kappa shape index (κ1) is 11.7. The van der Waals surface area contributed by atoms with E-state index in [1.54, 1.807) is 6.20 Å². The van der Waals surface area contributed by atoms with Gasteiger partial charge in [-0.15, -0.1) is 0 Å². The summed E-state index contributed by atoms with van der Waals surface area (Å²) in [5.41, 5.74) is 6.41. The van der Waals surface area contributed by atoms with Gasteiger partial charge in [-0.25, -0.2) is 0 Å². The highest BCUT2D eigenvalue weighted by molar-refractivity contribution is 5.47. The van der Waals surface area contributed by atoms with Crippen LogP contribution in [0.1, 0.15) is 31.6 Å². The number of aromatic nitrogens is 3. The highest BCUT2D eigenvalue weighted by atomic mass is 16.5. The maximum absolute atomic E-state index is 5.70. The van der Waals surface area contributed by atoms with E-state index in [2.05, 4.69) is 22.0 Å². The van der Waals surface area contributed by atoms with E-state index in [0.717, 1.165) is 18.5 Å². The van der Waals surface area contributed by atoms with Crippen LogP contribution in [-0.2, 0) is 0 Å². The maximum atomic E-state index is 5.70. The minimum atomic E-state index is 0.143. The molecule has 0 saturated heterocycles. The summed E-state index contributed by atoms with van der Waals surface area (Å²) in [6.45, 7) is 2.64. The van der Waals surface area contributed by atoms with E-state index in [1.165, 1.54) is 0 Å². The second kappa shape index (κ2) is 5.54. The van der Waals surface area contributed by atoms with Crippen molar-refractivity contribution in [2.24, 2.45) is 5.73 Å². The molecule has 5 heteroatoms. The number of nitrogens with zero attached hydrogens (tertiary/aromatic N) is 3. The van der Waals surface area contributed by atoms with Gasteiger partial charge in [0.25, 0.3) is 0 Å². The molecule has 0 spiro atoms. The highest BCUT2D eigenvalue weighted by Crippen LogP contribution is 2.21. The lowest BCUT2D eigenvalue weighted by molar-refractivity contribution is 0.347. The van der Waals surface area contributed by atoms with Crippen LogP contribution in [0.2, 0.25) is 0 Å². The van der Waals surface area contributed by atoms with Crippen molar-refractivity contribution in [1.29, 1.82) is 0 Å². The van der Waals surface area contributed by atoms with E-state index in [1.807, 2.05) is 18.2 Å². The number of hydrogen-bond donors (Lipinski definition) is 1. The van der Waals surface area contributed by atoms with Gasteiger partial charge in [0, 0.05) is 12.7 Å². The zero-order valence-corrected chi connectivity index (χ0v) is 9.84. The van der Waals surface area contributed by atoms with Gasteiger partial charge < -0.3 is 10.3 Å². The fraction of sp³-hybridized carbons (Fsp3) is 0.417. The van der Waals surface area contributed by atoms with Crippen molar-refractivity contribution in [2.75, 3.05) is 6.54 Å². The van der Waals surface area contributed by atoms with Crippen molar-refractivity contribution in [2.45, 2.75) is 25.7 Å². The molecule has 0 aliphatic carbocycles. The minimum Gasteiger partial charge on any atom is -0.339 e. The van der Waals surface area contributed by atoms with Gasteiger partial charge in [0.05, 0.1) is 5.92 Å². The predicted octanol–water partition coefficient (Wildman–Crippen LogP) is 1.97. The van der Waals surface area contributed by atoms with E-state index < -0.39 is 0 Å². The van der Waals surface area contributed by atoms with E-state index in [-0.39, 0.29) is 5.92 Å². The molecule has 1 atom stereocenters. The zero-order chi connectivity index (χ0) is 12.1. The van der Waals surface area contributed by atoms with Crippen molar-refractivity contribution in [1.82, 2.24) is 15.1 Å². The van der Waals surface area contributed by atoms with Crippen LogP contribution in [-0.4, -0.2) is 21.7 Å². The molecule has 2 heterocycles. The first-order valence-corrected chi connectivity index (χ1v) is 5.80. The Balaban J connectivity index is 2.21. The standard InChI is InChI=1S/C12H16N4O/c1-2-5-9(8-13)12-15-11(16-17-12)10-6-3-4-7-14-10/h3-4,6-7,9H,2,5,8,13H2,1H3. The van der Waals surface area contributed by atoms with Crippen molar-refractivity contribution >= 4 is 0 Å².